The molecule has 0 N–H and O–H groups in total. The lowest BCUT2D eigenvalue weighted by molar-refractivity contribution is -0.134. The van der Waals surface area contributed by atoms with Gasteiger partial charge in [-0.25, -0.2) is 7.91 Å². The Morgan fingerprint density at radius 2 is 2.07 bits per heavy atom. The largest absolute Gasteiger partial charge is 0.466 e. The molecule has 0 aromatic carbocycles. The molecule has 0 saturated carbocycles. The second-order valence-electron chi connectivity index (χ2n) is 3.08. The average Bonchev–Trinajstić information content (AvgIpc) is 2.21. The van der Waals surface area contributed by atoms with Crippen molar-refractivity contribution in [3.8, 4) is 0 Å². The molecule has 0 aliphatic rings. The summed E-state index contributed by atoms with van der Waals surface area (Å²) in [4.78, 5) is 21.4. The van der Waals surface area contributed by atoms with Crippen LogP contribution in [0.1, 0.15) is 19.8 Å². The van der Waals surface area contributed by atoms with E-state index in [1.165, 1.54) is 13.2 Å². The standard InChI is InChI=1S/C10H16INO3/c1-9(13)6-8-12(11)7-4-3-5-10(14)15-2/h3,5H,4,6-8H2,1-2H3/b5-3+. The van der Waals surface area contributed by atoms with Crippen molar-refractivity contribution in [1.82, 2.24) is 3.11 Å². The first-order valence-corrected chi connectivity index (χ1v) is 5.67. The summed E-state index contributed by atoms with van der Waals surface area (Å²) in [7, 11) is 1.35. The lowest BCUT2D eigenvalue weighted by atomic mass is 10.3. The molecule has 0 aromatic heterocycles. The van der Waals surface area contributed by atoms with Gasteiger partial charge in [0.25, 0.3) is 0 Å². The van der Waals surface area contributed by atoms with Gasteiger partial charge in [-0.15, -0.1) is 0 Å². The van der Waals surface area contributed by atoms with Gasteiger partial charge in [-0.1, -0.05) is 6.08 Å². The molecule has 0 amide bonds. The fourth-order valence-corrected chi connectivity index (χ4v) is 1.37. The molecule has 0 fully saturated rings. The third-order valence-corrected chi connectivity index (χ3v) is 2.66. The van der Waals surface area contributed by atoms with Gasteiger partial charge >= 0.3 is 5.97 Å². The van der Waals surface area contributed by atoms with E-state index < -0.39 is 0 Å². The highest BCUT2D eigenvalue weighted by molar-refractivity contribution is 14.1. The summed E-state index contributed by atoms with van der Waals surface area (Å²) in [5, 5.41) is 0. The van der Waals surface area contributed by atoms with Gasteiger partial charge in [0.1, 0.15) is 5.78 Å². The van der Waals surface area contributed by atoms with Crippen molar-refractivity contribution in [3.05, 3.63) is 12.2 Å². The van der Waals surface area contributed by atoms with E-state index in [1.54, 1.807) is 13.0 Å². The molecule has 5 heteroatoms. The number of ether oxygens (including phenoxy) is 1. The number of carbonyl (C=O) groups excluding carboxylic acids is 2. The van der Waals surface area contributed by atoms with Gasteiger partial charge in [-0.3, -0.25) is 4.79 Å². The third-order valence-electron chi connectivity index (χ3n) is 1.70. The summed E-state index contributed by atoms with van der Waals surface area (Å²) in [6.07, 6.45) is 4.53. The smallest absolute Gasteiger partial charge is 0.330 e. The van der Waals surface area contributed by atoms with Crippen LogP contribution in [0.15, 0.2) is 12.2 Å². The van der Waals surface area contributed by atoms with Gasteiger partial charge in [0.2, 0.25) is 0 Å². The number of hydrogen-bond donors (Lipinski definition) is 0. The van der Waals surface area contributed by atoms with Crippen LogP contribution in [0.2, 0.25) is 0 Å². The van der Waals surface area contributed by atoms with Gasteiger partial charge < -0.3 is 4.74 Å². The molecule has 0 aromatic rings. The molecule has 0 unspecified atom stereocenters. The average molecular weight is 325 g/mol. The van der Waals surface area contributed by atoms with E-state index in [0.717, 1.165) is 19.5 Å². The van der Waals surface area contributed by atoms with Crippen LogP contribution in [0.5, 0.6) is 0 Å². The van der Waals surface area contributed by atoms with Crippen LogP contribution in [0.3, 0.4) is 0 Å². The Kier molecular flexibility index (Phi) is 8.59. The zero-order valence-electron chi connectivity index (χ0n) is 9.03. The monoisotopic (exact) mass is 325 g/mol. The van der Waals surface area contributed by atoms with E-state index in [1.807, 2.05) is 3.11 Å². The summed E-state index contributed by atoms with van der Waals surface area (Å²) < 4.78 is 6.48. The lowest BCUT2D eigenvalue weighted by Crippen LogP contribution is -2.15. The van der Waals surface area contributed by atoms with Gasteiger partial charge in [-0.2, -0.15) is 0 Å². The molecule has 86 valence electrons. The number of esters is 1. The summed E-state index contributed by atoms with van der Waals surface area (Å²) in [6, 6.07) is 0. The Morgan fingerprint density at radius 3 is 2.60 bits per heavy atom. The second-order valence-corrected chi connectivity index (χ2v) is 4.44. The Bertz CT molecular complexity index is 241. The van der Waals surface area contributed by atoms with Crippen LogP contribution in [0.4, 0.5) is 0 Å². The van der Waals surface area contributed by atoms with E-state index in [0.29, 0.717) is 6.42 Å². The third kappa shape index (κ3) is 9.86. The van der Waals surface area contributed by atoms with Gasteiger partial charge in [-0.05, 0) is 13.3 Å². The van der Waals surface area contributed by atoms with Crippen LogP contribution in [-0.4, -0.2) is 35.1 Å². The fraction of sp³-hybridized carbons (Fsp3) is 0.600. The maximum atomic E-state index is 10.7. The normalized spacial score (nSPS) is 10.9. The highest BCUT2D eigenvalue weighted by atomic mass is 127. The first-order valence-electron chi connectivity index (χ1n) is 4.71. The van der Waals surface area contributed by atoms with Crippen molar-refractivity contribution >= 4 is 34.6 Å². The molecule has 0 bridgehead atoms. The zero-order chi connectivity index (χ0) is 11.7. The van der Waals surface area contributed by atoms with Crippen molar-refractivity contribution in [2.45, 2.75) is 19.8 Å². The van der Waals surface area contributed by atoms with Gasteiger partial charge in [0, 0.05) is 48.5 Å². The number of nitrogens with zero attached hydrogens (tertiary/aromatic N) is 1. The van der Waals surface area contributed by atoms with E-state index >= 15 is 0 Å². The molecule has 0 atom stereocenters. The fourth-order valence-electron chi connectivity index (χ4n) is 0.853. The number of Topliss-reactive ketones (excluding diaryl/α,β-unsaturated/α-hetero) is 1. The molecule has 0 aliphatic heterocycles. The van der Waals surface area contributed by atoms with Crippen molar-refractivity contribution in [1.29, 1.82) is 0 Å². The maximum absolute atomic E-state index is 10.7. The molecular weight excluding hydrogens is 309 g/mol. The maximum Gasteiger partial charge on any atom is 0.330 e. The minimum atomic E-state index is -0.334. The van der Waals surface area contributed by atoms with E-state index in [4.69, 9.17) is 0 Å². The van der Waals surface area contributed by atoms with Crippen LogP contribution in [0, 0.1) is 0 Å². The zero-order valence-corrected chi connectivity index (χ0v) is 11.2. The van der Waals surface area contributed by atoms with Crippen LogP contribution in [0.25, 0.3) is 0 Å². The van der Waals surface area contributed by atoms with Crippen LogP contribution < -0.4 is 0 Å². The van der Waals surface area contributed by atoms with Crippen molar-refractivity contribution in [3.63, 3.8) is 0 Å². The Morgan fingerprint density at radius 1 is 1.40 bits per heavy atom. The number of hydrogen-bond acceptors (Lipinski definition) is 4. The molecule has 0 saturated heterocycles. The number of halogens is 1. The first kappa shape index (κ1) is 14.6. The van der Waals surface area contributed by atoms with E-state index in [2.05, 4.69) is 27.6 Å². The summed E-state index contributed by atoms with van der Waals surface area (Å²) in [5.74, 6) is -0.138. The minimum Gasteiger partial charge on any atom is -0.466 e. The van der Waals surface area contributed by atoms with Crippen LogP contribution in [-0.2, 0) is 14.3 Å². The molecule has 4 nitrogen and oxygen atoms in total. The molecular formula is C10H16INO3. The Balaban J connectivity index is 3.54. The highest BCUT2D eigenvalue weighted by Gasteiger charge is 2.00. The lowest BCUT2D eigenvalue weighted by Gasteiger charge is -2.11. The van der Waals surface area contributed by atoms with E-state index in [-0.39, 0.29) is 11.8 Å². The number of carbonyl (C=O) groups is 2. The Hall–Kier alpha value is -0.430. The topological polar surface area (TPSA) is 46.6 Å². The molecule has 0 aliphatic carbocycles. The predicted molar refractivity (Wildman–Crippen MR) is 66.7 cm³/mol. The SMILES string of the molecule is COC(=O)/C=C/CCN(I)CCC(C)=O. The van der Waals surface area contributed by atoms with Crippen LogP contribution >= 0.6 is 22.9 Å². The summed E-state index contributed by atoms with van der Waals surface area (Å²) in [5.41, 5.74) is 0. The molecule has 0 heterocycles. The minimum absolute atomic E-state index is 0.196. The Labute approximate surface area is 104 Å². The van der Waals surface area contributed by atoms with Gasteiger partial charge in [0.05, 0.1) is 7.11 Å². The van der Waals surface area contributed by atoms with Crippen molar-refractivity contribution in [2.24, 2.45) is 0 Å². The summed E-state index contributed by atoms with van der Waals surface area (Å²) in [6.45, 7) is 3.16. The molecule has 15 heavy (non-hydrogen) atoms. The highest BCUT2D eigenvalue weighted by Crippen LogP contribution is 2.02. The molecule has 0 spiro atoms. The molecule has 0 radical (unpaired) electrons. The van der Waals surface area contributed by atoms with Crippen molar-refractivity contribution in [2.75, 3.05) is 20.2 Å². The predicted octanol–water partition coefficient (Wildman–Crippen LogP) is 1.74. The van der Waals surface area contributed by atoms with Gasteiger partial charge in [0.15, 0.2) is 0 Å². The quantitative estimate of drug-likeness (QED) is 0.310. The number of rotatable bonds is 7. The number of methoxy groups -OCH3 is 1. The van der Waals surface area contributed by atoms with E-state index in [9.17, 15) is 9.59 Å². The molecule has 0 rings (SSSR count). The first-order chi connectivity index (χ1) is 7.06. The second kappa shape index (κ2) is 8.84. The number of ketones is 1. The van der Waals surface area contributed by atoms with Crippen molar-refractivity contribution < 1.29 is 14.3 Å². The summed E-state index contributed by atoms with van der Waals surface area (Å²) >= 11 is 2.17.